The van der Waals surface area contributed by atoms with Crippen molar-refractivity contribution in [2.75, 3.05) is 26.2 Å². The molecule has 0 bridgehead atoms. The number of hydrogen-bond acceptors (Lipinski definition) is 5. The minimum absolute atomic E-state index is 0.109. The number of aromatic nitrogens is 1. The molecular formula is C20H23N3O5. The van der Waals surface area contributed by atoms with E-state index >= 15 is 0 Å². The maximum atomic E-state index is 12.4. The summed E-state index contributed by atoms with van der Waals surface area (Å²) in [6, 6.07) is 12.2. The van der Waals surface area contributed by atoms with E-state index in [9.17, 15) is 4.79 Å². The molecule has 2 N–H and O–H groups in total. The fourth-order valence-corrected chi connectivity index (χ4v) is 2.85. The van der Waals surface area contributed by atoms with E-state index in [0.717, 1.165) is 38.3 Å². The Labute approximate surface area is 163 Å². The Bertz CT molecular complexity index is 806. The quantitative estimate of drug-likeness (QED) is 0.770. The van der Waals surface area contributed by atoms with Crippen LogP contribution in [0.5, 0.6) is 0 Å². The lowest BCUT2D eigenvalue weighted by molar-refractivity contribution is -0.159. The molecule has 3 rings (SSSR count). The Balaban J connectivity index is 0.000000409. The zero-order chi connectivity index (χ0) is 20.5. The predicted octanol–water partition coefficient (Wildman–Crippen LogP) is 1.50. The van der Waals surface area contributed by atoms with Crippen LogP contribution in [0.25, 0.3) is 0 Å². The van der Waals surface area contributed by atoms with Gasteiger partial charge >= 0.3 is 11.9 Å². The SMILES string of the molecule is Cc1cccc(CN2CCN(C(=O)c3ccncc3)CC2)c1.O=C(O)C(=O)O. The van der Waals surface area contributed by atoms with Crippen molar-refractivity contribution >= 4 is 17.8 Å². The van der Waals surface area contributed by atoms with E-state index in [1.807, 2.05) is 4.90 Å². The van der Waals surface area contributed by atoms with Gasteiger partial charge in [-0.3, -0.25) is 14.7 Å². The molecule has 0 unspecified atom stereocenters. The molecular weight excluding hydrogens is 362 g/mol. The van der Waals surface area contributed by atoms with Crippen LogP contribution in [0.1, 0.15) is 21.5 Å². The minimum Gasteiger partial charge on any atom is -0.473 e. The van der Waals surface area contributed by atoms with Crippen molar-refractivity contribution in [3.63, 3.8) is 0 Å². The largest absolute Gasteiger partial charge is 0.473 e. The number of aryl methyl sites for hydroxylation is 1. The van der Waals surface area contributed by atoms with E-state index in [-0.39, 0.29) is 5.91 Å². The average Bonchev–Trinajstić information content (AvgIpc) is 2.69. The van der Waals surface area contributed by atoms with Crippen LogP contribution < -0.4 is 0 Å². The fourth-order valence-electron chi connectivity index (χ4n) is 2.85. The monoisotopic (exact) mass is 385 g/mol. The zero-order valence-corrected chi connectivity index (χ0v) is 15.6. The van der Waals surface area contributed by atoms with Crippen LogP contribution in [0.2, 0.25) is 0 Å². The van der Waals surface area contributed by atoms with E-state index in [1.54, 1.807) is 24.5 Å². The fraction of sp³-hybridized carbons (Fsp3) is 0.300. The maximum Gasteiger partial charge on any atom is 0.414 e. The molecule has 1 aromatic carbocycles. The van der Waals surface area contributed by atoms with Gasteiger partial charge in [0.1, 0.15) is 0 Å². The van der Waals surface area contributed by atoms with Crippen LogP contribution in [-0.4, -0.2) is 69.0 Å². The van der Waals surface area contributed by atoms with Crippen LogP contribution in [0, 0.1) is 6.92 Å². The van der Waals surface area contributed by atoms with Crippen LogP contribution in [0.15, 0.2) is 48.8 Å². The Kier molecular flexibility index (Phi) is 7.65. The summed E-state index contributed by atoms with van der Waals surface area (Å²) in [7, 11) is 0. The number of carboxylic acid groups (broad SMARTS) is 2. The Morgan fingerprint density at radius 1 is 0.964 bits per heavy atom. The topological polar surface area (TPSA) is 111 Å². The molecule has 2 aromatic rings. The molecule has 148 valence electrons. The molecule has 1 fully saturated rings. The third-order valence-electron chi connectivity index (χ3n) is 4.26. The van der Waals surface area contributed by atoms with Gasteiger partial charge in [-0.05, 0) is 24.6 Å². The highest BCUT2D eigenvalue weighted by Gasteiger charge is 2.22. The predicted molar refractivity (Wildman–Crippen MR) is 102 cm³/mol. The van der Waals surface area contributed by atoms with E-state index in [2.05, 4.69) is 41.1 Å². The molecule has 8 nitrogen and oxygen atoms in total. The first-order valence-electron chi connectivity index (χ1n) is 8.80. The van der Waals surface area contributed by atoms with Crippen LogP contribution >= 0.6 is 0 Å². The summed E-state index contributed by atoms with van der Waals surface area (Å²) in [6.07, 6.45) is 3.34. The molecule has 2 heterocycles. The number of benzene rings is 1. The van der Waals surface area contributed by atoms with Gasteiger partial charge in [0.2, 0.25) is 0 Å². The van der Waals surface area contributed by atoms with Crippen molar-refractivity contribution in [3.8, 4) is 0 Å². The van der Waals surface area contributed by atoms with Crippen molar-refractivity contribution < 1.29 is 24.6 Å². The zero-order valence-electron chi connectivity index (χ0n) is 15.6. The number of hydrogen-bond donors (Lipinski definition) is 2. The molecule has 8 heteroatoms. The number of aliphatic carboxylic acids is 2. The van der Waals surface area contributed by atoms with Crippen molar-refractivity contribution in [2.24, 2.45) is 0 Å². The average molecular weight is 385 g/mol. The Hall–Kier alpha value is -3.26. The number of rotatable bonds is 3. The van der Waals surface area contributed by atoms with E-state index in [4.69, 9.17) is 19.8 Å². The van der Waals surface area contributed by atoms with Crippen molar-refractivity contribution in [3.05, 3.63) is 65.5 Å². The maximum absolute atomic E-state index is 12.4. The van der Waals surface area contributed by atoms with Gasteiger partial charge in [0.05, 0.1) is 0 Å². The number of carbonyl (C=O) groups excluding carboxylic acids is 1. The number of amides is 1. The molecule has 1 aliphatic rings. The first-order chi connectivity index (χ1) is 13.4. The molecule has 1 aromatic heterocycles. The second-order valence-electron chi connectivity index (χ2n) is 6.40. The van der Waals surface area contributed by atoms with E-state index in [1.165, 1.54) is 11.1 Å². The summed E-state index contributed by atoms with van der Waals surface area (Å²) >= 11 is 0. The lowest BCUT2D eigenvalue weighted by atomic mass is 10.1. The molecule has 1 amide bonds. The summed E-state index contributed by atoms with van der Waals surface area (Å²) < 4.78 is 0. The van der Waals surface area contributed by atoms with Crippen molar-refractivity contribution in [1.82, 2.24) is 14.8 Å². The molecule has 28 heavy (non-hydrogen) atoms. The van der Waals surface area contributed by atoms with Crippen molar-refractivity contribution in [1.29, 1.82) is 0 Å². The number of nitrogens with zero attached hydrogens (tertiary/aromatic N) is 3. The van der Waals surface area contributed by atoms with Crippen LogP contribution in [-0.2, 0) is 16.1 Å². The van der Waals surface area contributed by atoms with E-state index in [0.29, 0.717) is 0 Å². The summed E-state index contributed by atoms with van der Waals surface area (Å²) in [5, 5.41) is 14.8. The van der Waals surface area contributed by atoms with Gasteiger partial charge in [-0.2, -0.15) is 0 Å². The lowest BCUT2D eigenvalue weighted by Crippen LogP contribution is -2.48. The number of carboxylic acids is 2. The Morgan fingerprint density at radius 3 is 2.11 bits per heavy atom. The minimum atomic E-state index is -1.82. The summed E-state index contributed by atoms with van der Waals surface area (Å²) in [5.41, 5.74) is 3.36. The van der Waals surface area contributed by atoms with Crippen molar-refractivity contribution in [2.45, 2.75) is 13.5 Å². The second kappa shape index (κ2) is 10.2. The first kappa shape index (κ1) is 21.0. The number of piperazine rings is 1. The van der Waals surface area contributed by atoms with E-state index < -0.39 is 11.9 Å². The summed E-state index contributed by atoms with van der Waals surface area (Å²) in [4.78, 5) is 38.9. The normalized spacial score (nSPS) is 14.0. The first-order valence-corrected chi connectivity index (χ1v) is 8.80. The summed E-state index contributed by atoms with van der Waals surface area (Å²) in [6.45, 7) is 6.49. The lowest BCUT2D eigenvalue weighted by Gasteiger charge is -2.34. The molecule has 1 saturated heterocycles. The molecule has 0 atom stereocenters. The number of pyridine rings is 1. The molecule has 0 spiro atoms. The summed E-state index contributed by atoms with van der Waals surface area (Å²) in [5.74, 6) is -3.54. The Morgan fingerprint density at radius 2 is 1.57 bits per heavy atom. The smallest absolute Gasteiger partial charge is 0.414 e. The van der Waals surface area contributed by atoms with Gasteiger partial charge in [-0.25, -0.2) is 9.59 Å². The highest BCUT2D eigenvalue weighted by Crippen LogP contribution is 2.12. The van der Waals surface area contributed by atoms with Gasteiger partial charge in [-0.1, -0.05) is 29.8 Å². The van der Waals surface area contributed by atoms with Gasteiger partial charge in [-0.15, -0.1) is 0 Å². The van der Waals surface area contributed by atoms with Gasteiger partial charge in [0, 0.05) is 50.7 Å². The van der Waals surface area contributed by atoms with Crippen LogP contribution in [0.3, 0.4) is 0 Å². The highest BCUT2D eigenvalue weighted by atomic mass is 16.4. The van der Waals surface area contributed by atoms with Gasteiger partial charge in [0.15, 0.2) is 0 Å². The van der Waals surface area contributed by atoms with Gasteiger partial charge in [0.25, 0.3) is 5.91 Å². The molecule has 0 saturated carbocycles. The highest BCUT2D eigenvalue weighted by molar-refractivity contribution is 6.27. The third-order valence-corrected chi connectivity index (χ3v) is 4.26. The van der Waals surface area contributed by atoms with Crippen LogP contribution in [0.4, 0.5) is 0 Å². The van der Waals surface area contributed by atoms with Gasteiger partial charge < -0.3 is 15.1 Å². The molecule has 0 aliphatic carbocycles. The molecule has 0 radical (unpaired) electrons. The molecule has 1 aliphatic heterocycles. The second-order valence-corrected chi connectivity index (χ2v) is 6.40. The standard InChI is InChI=1S/C18H21N3O.C2H2O4/c1-15-3-2-4-16(13-15)14-20-9-11-21(12-10-20)18(22)17-5-7-19-8-6-17;3-1(4)2(5)6/h2-8,13H,9-12,14H2,1H3;(H,3,4)(H,5,6). The number of carbonyl (C=O) groups is 3. The third kappa shape index (κ3) is 6.48.